The third-order valence-electron chi connectivity index (χ3n) is 3.32. The quantitative estimate of drug-likeness (QED) is 0.487. The first kappa shape index (κ1) is 18.2. The van der Waals surface area contributed by atoms with Gasteiger partial charge in [-0.3, -0.25) is 4.99 Å². The van der Waals surface area contributed by atoms with E-state index in [0.29, 0.717) is 25.6 Å². The summed E-state index contributed by atoms with van der Waals surface area (Å²) in [6.07, 6.45) is 0. The minimum Gasteiger partial charge on any atom is -0.357 e. The van der Waals surface area contributed by atoms with Gasteiger partial charge in [-0.2, -0.15) is 0 Å². The lowest BCUT2D eigenvalue weighted by atomic mass is 10.2. The van der Waals surface area contributed by atoms with E-state index in [9.17, 15) is 16.8 Å². The van der Waals surface area contributed by atoms with Gasteiger partial charge >= 0.3 is 0 Å². The van der Waals surface area contributed by atoms with Crippen LogP contribution in [-0.2, 0) is 19.9 Å². The number of hydrogen-bond acceptors (Lipinski definition) is 5. The largest absolute Gasteiger partial charge is 0.357 e. The van der Waals surface area contributed by atoms with Gasteiger partial charge in [-0.05, 0) is 20.8 Å². The van der Waals surface area contributed by atoms with E-state index in [1.807, 2.05) is 11.8 Å². The van der Waals surface area contributed by atoms with Gasteiger partial charge in [0.05, 0.1) is 22.8 Å². The summed E-state index contributed by atoms with van der Waals surface area (Å²) in [5.41, 5.74) is 0. The molecule has 124 valence electrons. The SMILES string of the molecule is CCNC(=NCCS(N)(=O)=O)N1CCS(=O)(=O)C(C)(C)C1. The average molecular weight is 340 g/mol. The summed E-state index contributed by atoms with van der Waals surface area (Å²) >= 11 is 0. The van der Waals surface area contributed by atoms with Crippen LogP contribution in [0.2, 0.25) is 0 Å². The van der Waals surface area contributed by atoms with Crippen molar-refractivity contribution in [1.29, 1.82) is 0 Å². The van der Waals surface area contributed by atoms with Crippen LogP contribution in [0.25, 0.3) is 0 Å². The van der Waals surface area contributed by atoms with Crippen LogP contribution in [0.1, 0.15) is 20.8 Å². The Morgan fingerprint density at radius 2 is 2.05 bits per heavy atom. The van der Waals surface area contributed by atoms with Crippen molar-refractivity contribution in [2.75, 3.05) is 37.7 Å². The first-order valence-electron chi connectivity index (χ1n) is 6.74. The van der Waals surface area contributed by atoms with E-state index in [4.69, 9.17) is 5.14 Å². The fourth-order valence-corrected chi connectivity index (χ4v) is 3.74. The normalized spacial score (nSPS) is 22.1. The molecule has 10 heteroatoms. The number of hydrogen-bond donors (Lipinski definition) is 2. The van der Waals surface area contributed by atoms with E-state index in [-0.39, 0.29) is 18.1 Å². The molecule has 0 aromatic heterocycles. The molecule has 3 N–H and O–H groups in total. The fourth-order valence-electron chi connectivity index (χ4n) is 2.03. The van der Waals surface area contributed by atoms with Gasteiger partial charge < -0.3 is 10.2 Å². The maximum atomic E-state index is 12.0. The number of nitrogens with one attached hydrogen (secondary N) is 1. The molecule has 0 unspecified atom stereocenters. The van der Waals surface area contributed by atoms with E-state index < -0.39 is 24.6 Å². The first-order valence-corrected chi connectivity index (χ1v) is 10.1. The highest BCUT2D eigenvalue weighted by Gasteiger charge is 2.40. The third-order valence-corrected chi connectivity index (χ3v) is 6.60. The Kier molecular flexibility index (Phi) is 5.62. The smallest absolute Gasteiger partial charge is 0.210 e. The molecule has 0 aliphatic carbocycles. The number of nitrogens with zero attached hydrogens (tertiary/aromatic N) is 2. The van der Waals surface area contributed by atoms with Gasteiger partial charge in [-0.1, -0.05) is 0 Å². The van der Waals surface area contributed by atoms with Crippen molar-refractivity contribution in [3.05, 3.63) is 0 Å². The van der Waals surface area contributed by atoms with Crippen LogP contribution < -0.4 is 10.5 Å². The zero-order valence-electron chi connectivity index (χ0n) is 12.7. The average Bonchev–Trinajstić information content (AvgIpc) is 2.30. The second kappa shape index (κ2) is 6.49. The minimum absolute atomic E-state index is 0.0465. The highest BCUT2D eigenvalue weighted by molar-refractivity contribution is 7.92. The van der Waals surface area contributed by atoms with Gasteiger partial charge in [-0.25, -0.2) is 22.0 Å². The van der Waals surface area contributed by atoms with Crippen molar-refractivity contribution in [3.63, 3.8) is 0 Å². The number of guanidine groups is 1. The summed E-state index contributed by atoms with van der Waals surface area (Å²) in [6.45, 7) is 6.57. The van der Waals surface area contributed by atoms with E-state index in [1.54, 1.807) is 13.8 Å². The van der Waals surface area contributed by atoms with Crippen LogP contribution in [-0.4, -0.2) is 70.1 Å². The molecule has 1 aliphatic heterocycles. The number of aliphatic imine (C=N–C) groups is 1. The molecule has 0 spiro atoms. The molecule has 21 heavy (non-hydrogen) atoms. The third kappa shape index (κ3) is 5.11. The molecule has 0 radical (unpaired) electrons. The van der Waals surface area contributed by atoms with E-state index in [2.05, 4.69) is 10.3 Å². The molecule has 8 nitrogen and oxygen atoms in total. The fraction of sp³-hybridized carbons (Fsp3) is 0.909. The molecule has 0 amide bonds. The van der Waals surface area contributed by atoms with Gasteiger partial charge in [-0.15, -0.1) is 0 Å². The molecule has 0 aromatic carbocycles. The Labute approximate surface area is 126 Å². The molecule has 0 saturated carbocycles. The van der Waals surface area contributed by atoms with Crippen molar-refractivity contribution in [2.24, 2.45) is 10.1 Å². The second-order valence-corrected chi connectivity index (χ2v) is 10.1. The Morgan fingerprint density at radius 3 is 2.52 bits per heavy atom. The highest BCUT2D eigenvalue weighted by Crippen LogP contribution is 2.23. The molecule has 0 aromatic rings. The predicted octanol–water partition coefficient (Wildman–Crippen LogP) is -1.25. The van der Waals surface area contributed by atoms with Gasteiger partial charge in [0.15, 0.2) is 15.8 Å². The number of nitrogens with two attached hydrogens (primary N) is 1. The summed E-state index contributed by atoms with van der Waals surface area (Å²) in [5.74, 6) is 0.334. The predicted molar refractivity (Wildman–Crippen MR) is 83.4 cm³/mol. The van der Waals surface area contributed by atoms with E-state index in [1.165, 1.54) is 0 Å². The van der Waals surface area contributed by atoms with Crippen LogP contribution in [0.5, 0.6) is 0 Å². The summed E-state index contributed by atoms with van der Waals surface area (Å²) in [4.78, 5) is 6.05. The lowest BCUT2D eigenvalue weighted by Crippen LogP contribution is -2.57. The lowest BCUT2D eigenvalue weighted by molar-refractivity contribution is 0.353. The van der Waals surface area contributed by atoms with Gasteiger partial charge in [0.1, 0.15) is 0 Å². The zero-order chi connectivity index (χ0) is 16.3. The molecule has 1 fully saturated rings. The summed E-state index contributed by atoms with van der Waals surface area (Å²) < 4.78 is 45.0. The zero-order valence-corrected chi connectivity index (χ0v) is 14.3. The molecule has 1 aliphatic rings. The Bertz CT molecular complexity index is 596. The van der Waals surface area contributed by atoms with Crippen LogP contribution in [0, 0.1) is 0 Å². The highest BCUT2D eigenvalue weighted by atomic mass is 32.2. The van der Waals surface area contributed by atoms with Crippen LogP contribution in [0.4, 0.5) is 0 Å². The van der Waals surface area contributed by atoms with Crippen molar-refractivity contribution in [2.45, 2.75) is 25.5 Å². The topological polar surface area (TPSA) is 122 Å². The van der Waals surface area contributed by atoms with Gasteiger partial charge in [0.2, 0.25) is 10.0 Å². The van der Waals surface area contributed by atoms with Crippen molar-refractivity contribution in [1.82, 2.24) is 10.2 Å². The summed E-state index contributed by atoms with van der Waals surface area (Å²) in [6, 6.07) is 0. The van der Waals surface area contributed by atoms with Crippen molar-refractivity contribution >= 4 is 25.8 Å². The second-order valence-electron chi connectivity index (χ2n) is 5.60. The standard InChI is InChI=1S/C11H24N4O4S2/c1-4-13-10(14-5-7-21(12,18)19)15-6-8-20(16,17)11(2,3)9-15/h4-9H2,1-3H3,(H,13,14)(H2,12,18,19). The lowest BCUT2D eigenvalue weighted by Gasteiger charge is -2.39. The maximum absolute atomic E-state index is 12.0. The van der Waals surface area contributed by atoms with E-state index >= 15 is 0 Å². The molecular formula is C11H24N4O4S2. The molecule has 1 saturated heterocycles. The molecule has 1 rings (SSSR count). The Hall–Kier alpha value is -0.870. The number of sulfonamides is 1. The Morgan fingerprint density at radius 1 is 1.43 bits per heavy atom. The number of rotatable bonds is 4. The molecule has 0 bridgehead atoms. The molecule has 1 heterocycles. The van der Waals surface area contributed by atoms with Crippen molar-refractivity contribution in [3.8, 4) is 0 Å². The summed E-state index contributed by atoms with van der Waals surface area (Å²) in [5, 5.41) is 7.99. The molecule has 0 atom stereocenters. The minimum atomic E-state index is -3.56. The monoisotopic (exact) mass is 340 g/mol. The van der Waals surface area contributed by atoms with Crippen molar-refractivity contribution < 1.29 is 16.8 Å². The van der Waals surface area contributed by atoms with Crippen LogP contribution in [0.3, 0.4) is 0 Å². The summed E-state index contributed by atoms with van der Waals surface area (Å²) in [7, 11) is -6.68. The first-order chi connectivity index (χ1) is 9.48. The number of primary sulfonamides is 1. The maximum Gasteiger partial charge on any atom is 0.210 e. The number of sulfone groups is 1. The van der Waals surface area contributed by atoms with Crippen LogP contribution >= 0.6 is 0 Å². The van der Waals surface area contributed by atoms with Gasteiger partial charge in [0.25, 0.3) is 0 Å². The Balaban J connectivity index is 2.85. The van der Waals surface area contributed by atoms with Gasteiger partial charge in [0, 0.05) is 19.6 Å². The molecular weight excluding hydrogens is 316 g/mol. The van der Waals surface area contributed by atoms with Crippen LogP contribution in [0.15, 0.2) is 4.99 Å². The van der Waals surface area contributed by atoms with E-state index in [0.717, 1.165) is 0 Å².